The van der Waals surface area contributed by atoms with E-state index >= 15 is 0 Å². The largest absolute Gasteiger partial charge is 0.573 e. The van der Waals surface area contributed by atoms with Gasteiger partial charge in [-0.2, -0.15) is 0 Å². The SMILES string of the molecule is CC(C)(C)CC(=O)OCC(=O)Nc1ccc(OC(F)(F)F)cc1. The minimum atomic E-state index is -4.77. The number of halogens is 3. The number of nitrogens with one attached hydrogen (secondary N) is 1. The van der Waals surface area contributed by atoms with Gasteiger partial charge in [0.1, 0.15) is 5.75 Å². The summed E-state index contributed by atoms with van der Waals surface area (Å²) < 4.78 is 44.5. The number of carbonyl (C=O) groups excluding carboxylic acids is 2. The molecular formula is C15H18F3NO4. The summed E-state index contributed by atoms with van der Waals surface area (Å²) in [5.74, 6) is -1.48. The van der Waals surface area contributed by atoms with E-state index < -0.39 is 30.6 Å². The Balaban J connectivity index is 2.44. The number of esters is 1. The molecular weight excluding hydrogens is 315 g/mol. The Kier molecular flexibility index (Phi) is 6.00. The van der Waals surface area contributed by atoms with Crippen molar-refractivity contribution in [3.05, 3.63) is 24.3 Å². The van der Waals surface area contributed by atoms with Gasteiger partial charge < -0.3 is 14.8 Å². The molecule has 8 heteroatoms. The molecule has 0 radical (unpaired) electrons. The van der Waals surface area contributed by atoms with Crippen molar-refractivity contribution < 1.29 is 32.2 Å². The molecule has 0 aliphatic carbocycles. The van der Waals surface area contributed by atoms with E-state index in [9.17, 15) is 22.8 Å². The number of rotatable bonds is 5. The smallest absolute Gasteiger partial charge is 0.456 e. The molecule has 1 rings (SSSR count). The van der Waals surface area contributed by atoms with E-state index in [-0.39, 0.29) is 17.5 Å². The molecule has 0 aliphatic heterocycles. The monoisotopic (exact) mass is 333 g/mol. The van der Waals surface area contributed by atoms with Gasteiger partial charge in [0.15, 0.2) is 6.61 Å². The van der Waals surface area contributed by atoms with Crippen LogP contribution in [0.3, 0.4) is 0 Å². The fraction of sp³-hybridized carbons (Fsp3) is 0.467. The van der Waals surface area contributed by atoms with Gasteiger partial charge in [-0.05, 0) is 29.7 Å². The van der Waals surface area contributed by atoms with Crippen molar-refractivity contribution in [2.45, 2.75) is 33.6 Å². The van der Waals surface area contributed by atoms with E-state index in [1.54, 1.807) is 0 Å². The summed E-state index contributed by atoms with van der Waals surface area (Å²) in [6.45, 7) is 5.12. The lowest BCUT2D eigenvalue weighted by Crippen LogP contribution is -2.23. The third-order valence-electron chi connectivity index (χ3n) is 2.41. The van der Waals surface area contributed by atoms with E-state index in [0.29, 0.717) is 0 Å². The van der Waals surface area contributed by atoms with Crippen molar-refractivity contribution in [1.82, 2.24) is 0 Å². The van der Waals surface area contributed by atoms with Crippen LogP contribution in [0.2, 0.25) is 0 Å². The van der Waals surface area contributed by atoms with Crippen LogP contribution in [0.1, 0.15) is 27.2 Å². The second kappa shape index (κ2) is 7.34. The number of anilines is 1. The van der Waals surface area contributed by atoms with E-state index in [0.717, 1.165) is 12.1 Å². The van der Waals surface area contributed by atoms with Crippen LogP contribution < -0.4 is 10.1 Å². The molecule has 0 spiro atoms. The van der Waals surface area contributed by atoms with Crippen molar-refractivity contribution in [2.75, 3.05) is 11.9 Å². The first-order chi connectivity index (χ1) is 10.4. The normalized spacial score (nSPS) is 11.7. The van der Waals surface area contributed by atoms with Crippen LogP contribution in [-0.2, 0) is 14.3 Å². The second-order valence-electron chi connectivity index (χ2n) is 6.02. The lowest BCUT2D eigenvalue weighted by Gasteiger charge is -2.16. The zero-order valence-corrected chi connectivity index (χ0v) is 13.0. The van der Waals surface area contributed by atoms with Crippen LogP contribution in [0, 0.1) is 5.41 Å². The standard InChI is InChI=1S/C15H18F3NO4/c1-14(2,3)8-13(21)22-9-12(20)19-10-4-6-11(7-5-10)23-15(16,17)18/h4-7H,8-9H2,1-3H3,(H,19,20). The predicted octanol–water partition coefficient (Wildman–Crippen LogP) is 3.50. The molecule has 0 saturated heterocycles. The number of benzene rings is 1. The number of hydrogen-bond donors (Lipinski definition) is 1. The molecule has 0 heterocycles. The van der Waals surface area contributed by atoms with Gasteiger partial charge in [0.25, 0.3) is 5.91 Å². The molecule has 1 amide bonds. The van der Waals surface area contributed by atoms with Gasteiger partial charge >= 0.3 is 12.3 Å². The molecule has 128 valence electrons. The molecule has 0 saturated carbocycles. The molecule has 5 nitrogen and oxygen atoms in total. The van der Waals surface area contributed by atoms with Crippen LogP contribution in [0.15, 0.2) is 24.3 Å². The van der Waals surface area contributed by atoms with E-state index in [1.165, 1.54) is 12.1 Å². The molecule has 23 heavy (non-hydrogen) atoms. The van der Waals surface area contributed by atoms with Crippen LogP contribution in [0.25, 0.3) is 0 Å². The summed E-state index contributed by atoms with van der Waals surface area (Å²) >= 11 is 0. The Labute approximate surface area is 131 Å². The quantitative estimate of drug-likeness (QED) is 0.838. The van der Waals surface area contributed by atoms with E-state index in [4.69, 9.17) is 4.74 Å². The van der Waals surface area contributed by atoms with Crippen molar-refractivity contribution in [3.63, 3.8) is 0 Å². The Morgan fingerprint density at radius 3 is 2.13 bits per heavy atom. The molecule has 0 fully saturated rings. The van der Waals surface area contributed by atoms with Gasteiger partial charge in [0, 0.05) is 5.69 Å². The lowest BCUT2D eigenvalue weighted by molar-refractivity contribution is -0.274. The van der Waals surface area contributed by atoms with Crippen LogP contribution >= 0.6 is 0 Å². The van der Waals surface area contributed by atoms with Crippen molar-refractivity contribution in [3.8, 4) is 5.75 Å². The van der Waals surface area contributed by atoms with Gasteiger partial charge in [0.05, 0.1) is 6.42 Å². The molecule has 0 aromatic heterocycles. The van der Waals surface area contributed by atoms with Crippen molar-refractivity contribution in [1.29, 1.82) is 0 Å². The maximum Gasteiger partial charge on any atom is 0.573 e. The highest BCUT2D eigenvalue weighted by Crippen LogP contribution is 2.24. The first-order valence-corrected chi connectivity index (χ1v) is 6.76. The highest BCUT2D eigenvalue weighted by Gasteiger charge is 2.30. The lowest BCUT2D eigenvalue weighted by atomic mass is 9.93. The Hall–Kier alpha value is -2.25. The minimum absolute atomic E-state index is 0.170. The van der Waals surface area contributed by atoms with Gasteiger partial charge in [-0.15, -0.1) is 13.2 Å². The predicted molar refractivity (Wildman–Crippen MR) is 76.8 cm³/mol. The molecule has 1 N–H and O–H groups in total. The fourth-order valence-electron chi connectivity index (χ4n) is 1.57. The van der Waals surface area contributed by atoms with Gasteiger partial charge in [-0.3, -0.25) is 9.59 Å². The topological polar surface area (TPSA) is 64.6 Å². The summed E-state index contributed by atoms with van der Waals surface area (Å²) in [4.78, 5) is 23.1. The Morgan fingerprint density at radius 2 is 1.65 bits per heavy atom. The third kappa shape index (κ3) is 8.70. The third-order valence-corrected chi connectivity index (χ3v) is 2.41. The highest BCUT2D eigenvalue weighted by molar-refractivity contribution is 5.92. The number of carbonyl (C=O) groups is 2. The maximum absolute atomic E-state index is 12.0. The summed E-state index contributed by atoms with van der Waals surface area (Å²) in [6, 6.07) is 4.62. The summed E-state index contributed by atoms with van der Waals surface area (Å²) in [6.07, 6.45) is -4.60. The van der Waals surface area contributed by atoms with Crippen molar-refractivity contribution >= 4 is 17.6 Å². The first-order valence-electron chi connectivity index (χ1n) is 6.76. The minimum Gasteiger partial charge on any atom is -0.456 e. The first kappa shape index (κ1) is 18.8. The van der Waals surface area contributed by atoms with Gasteiger partial charge in [-0.25, -0.2) is 0 Å². The van der Waals surface area contributed by atoms with Crippen LogP contribution in [-0.4, -0.2) is 24.8 Å². The highest BCUT2D eigenvalue weighted by atomic mass is 19.4. The summed E-state index contributed by atoms with van der Waals surface area (Å²) in [5, 5.41) is 2.40. The van der Waals surface area contributed by atoms with Crippen LogP contribution in [0.4, 0.5) is 18.9 Å². The molecule has 0 unspecified atom stereocenters. The van der Waals surface area contributed by atoms with E-state index in [2.05, 4.69) is 10.1 Å². The number of ether oxygens (including phenoxy) is 2. The Morgan fingerprint density at radius 1 is 1.09 bits per heavy atom. The Bertz CT molecular complexity index is 547. The maximum atomic E-state index is 12.0. The summed E-state index contributed by atoms with van der Waals surface area (Å²) in [5.41, 5.74) is 0.0124. The number of alkyl halides is 3. The molecule has 0 bridgehead atoms. The van der Waals surface area contributed by atoms with Gasteiger partial charge in [-0.1, -0.05) is 20.8 Å². The van der Waals surface area contributed by atoms with Gasteiger partial charge in [0.2, 0.25) is 0 Å². The molecule has 0 aliphatic rings. The number of hydrogen-bond acceptors (Lipinski definition) is 4. The van der Waals surface area contributed by atoms with E-state index in [1.807, 2.05) is 20.8 Å². The second-order valence-corrected chi connectivity index (χ2v) is 6.02. The average molecular weight is 333 g/mol. The van der Waals surface area contributed by atoms with Crippen LogP contribution in [0.5, 0.6) is 5.75 Å². The summed E-state index contributed by atoms with van der Waals surface area (Å²) in [7, 11) is 0. The fourth-order valence-corrected chi connectivity index (χ4v) is 1.57. The average Bonchev–Trinajstić information content (AvgIpc) is 2.35. The molecule has 1 aromatic rings. The zero-order chi connectivity index (χ0) is 17.7. The molecule has 0 atom stereocenters. The van der Waals surface area contributed by atoms with Crippen molar-refractivity contribution in [2.24, 2.45) is 5.41 Å². The number of amides is 1. The molecule has 1 aromatic carbocycles. The zero-order valence-electron chi connectivity index (χ0n) is 13.0.